The van der Waals surface area contributed by atoms with Gasteiger partial charge in [0.25, 0.3) is 0 Å². The summed E-state index contributed by atoms with van der Waals surface area (Å²) in [6, 6.07) is 27.4. The number of amides is 1. The van der Waals surface area contributed by atoms with Crippen molar-refractivity contribution in [1.82, 2.24) is 5.32 Å². The van der Waals surface area contributed by atoms with Gasteiger partial charge in [-0.25, -0.2) is 4.79 Å². The molecule has 1 amide bonds. The molecular weight excluding hydrogens is 496 g/mol. The molecule has 0 aromatic heterocycles. The van der Waals surface area contributed by atoms with Gasteiger partial charge in [-0.2, -0.15) is 0 Å². The van der Waals surface area contributed by atoms with E-state index in [-0.39, 0.29) is 6.61 Å². The quantitative estimate of drug-likeness (QED) is 0.165. The topological polar surface area (TPSA) is 69.3 Å². The van der Waals surface area contributed by atoms with Gasteiger partial charge in [-0.1, -0.05) is 48.0 Å². The lowest BCUT2D eigenvalue weighted by Gasteiger charge is -2.28. The van der Waals surface area contributed by atoms with Crippen molar-refractivity contribution < 1.29 is 22.8 Å². The van der Waals surface area contributed by atoms with Crippen molar-refractivity contribution in [1.29, 1.82) is 0 Å². The Hall–Kier alpha value is -3.17. The molecule has 0 aliphatic carbocycles. The predicted molar refractivity (Wildman–Crippen MR) is 154 cm³/mol. The number of carbonyl (C=O) groups is 1. The van der Waals surface area contributed by atoms with Crippen LogP contribution in [0.25, 0.3) is 0 Å². The largest absolute Gasteiger partial charge is 0.500 e. The molecule has 3 aromatic carbocycles. The van der Waals surface area contributed by atoms with Gasteiger partial charge in [-0.3, -0.25) is 0 Å². The molecule has 7 nitrogen and oxygen atoms in total. The summed E-state index contributed by atoms with van der Waals surface area (Å²) in [7, 11) is -2.70. The Kier molecular flexibility index (Phi) is 11.8. The lowest BCUT2D eigenvalue weighted by molar-refractivity contribution is 0.0706. The second-order valence-electron chi connectivity index (χ2n) is 8.76. The molecule has 38 heavy (non-hydrogen) atoms. The van der Waals surface area contributed by atoms with E-state index in [0.717, 1.165) is 22.6 Å². The monoisotopic (exact) mass is 536 g/mol. The fraction of sp³-hybridized carbons (Fsp3) is 0.367. The number of nitrogens with zero attached hydrogens (tertiary/aromatic N) is 1. The van der Waals surface area contributed by atoms with Crippen molar-refractivity contribution in [3.8, 4) is 0 Å². The van der Waals surface area contributed by atoms with E-state index in [1.165, 1.54) is 5.56 Å². The van der Waals surface area contributed by atoms with Crippen LogP contribution in [0.3, 0.4) is 0 Å². The number of aryl methyl sites for hydroxylation is 1. The molecule has 3 rings (SSSR count). The van der Waals surface area contributed by atoms with Crippen LogP contribution in [0.1, 0.15) is 38.3 Å². The number of ether oxygens (including phenoxy) is 1. The summed E-state index contributed by atoms with van der Waals surface area (Å²) in [6.07, 6.45) is 0.237. The Balaban J connectivity index is 1.54. The number of rotatable bonds is 15. The van der Waals surface area contributed by atoms with Crippen LogP contribution >= 0.6 is 0 Å². The van der Waals surface area contributed by atoms with E-state index in [9.17, 15) is 4.79 Å². The third-order valence-corrected chi connectivity index (χ3v) is 9.04. The van der Waals surface area contributed by atoms with Gasteiger partial charge in [0.15, 0.2) is 0 Å². The average molecular weight is 537 g/mol. The molecule has 0 aliphatic heterocycles. The van der Waals surface area contributed by atoms with Gasteiger partial charge in [0, 0.05) is 49.5 Å². The first kappa shape index (κ1) is 29.4. The van der Waals surface area contributed by atoms with Crippen LogP contribution in [-0.4, -0.2) is 41.3 Å². The zero-order valence-electron chi connectivity index (χ0n) is 22.9. The van der Waals surface area contributed by atoms with Gasteiger partial charge in [0.05, 0.1) is 0 Å². The Bertz CT molecular complexity index is 1080. The van der Waals surface area contributed by atoms with E-state index in [1.807, 2.05) is 63.2 Å². The van der Waals surface area contributed by atoms with Crippen LogP contribution in [0.4, 0.5) is 21.9 Å². The van der Waals surface area contributed by atoms with E-state index in [4.69, 9.17) is 18.0 Å². The van der Waals surface area contributed by atoms with Gasteiger partial charge in [0.1, 0.15) is 6.61 Å². The molecule has 0 heterocycles. The average Bonchev–Trinajstić information content (AvgIpc) is 2.93. The molecule has 8 heteroatoms. The maximum atomic E-state index is 12.3. The highest BCUT2D eigenvalue weighted by molar-refractivity contribution is 6.60. The number of hydrogen-bond donors (Lipinski definition) is 1. The van der Waals surface area contributed by atoms with E-state index in [1.54, 1.807) is 0 Å². The molecule has 0 unspecified atom stereocenters. The maximum Gasteiger partial charge on any atom is 0.500 e. The zero-order valence-corrected chi connectivity index (χ0v) is 23.9. The first-order valence-electron chi connectivity index (χ1n) is 13.3. The number of para-hydroxylation sites is 1. The predicted octanol–water partition coefficient (Wildman–Crippen LogP) is 7.13. The summed E-state index contributed by atoms with van der Waals surface area (Å²) < 4.78 is 23.0. The van der Waals surface area contributed by atoms with Crippen molar-refractivity contribution in [3.05, 3.63) is 90.0 Å². The van der Waals surface area contributed by atoms with E-state index in [2.05, 4.69) is 53.5 Å². The first-order chi connectivity index (χ1) is 18.5. The molecule has 0 saturated heterocycles. The Morgan fingerprint density at radius 1 is 0.763 bits per heavy atom. The molecule has 0 fully saturated rings. The van der Waals surface area contributed by atoms with Crippen molar-refractivity contribution in [3.63, 3.8) is 0 Å². The zero-order chi connectivity index (χ0) is 27.2. The maximum absolute atomic E-state index is 12.3. The standard InChI is InChI=1S/C30H40N2O5Si/c1-5-35-38(36-6-2,37-7-3)23-11-22-31-30(33)34-24-26-16-20-29(21-17-26)32(27-12-9-8-10-13-27)28-18-14-25(4)15-19-28/h8-10,12-21H,5-7,11,22-24H2,1-4H3,(H,31,33). The summed E-state index contributed by atoms with van der Waals surface area (Å²) in [5, 5.41) is 2.82. The smallest absolute Gasteiger partial charge is 0.445 e. The van der Waals surface area contributed by atoms with E-state index in [0.29, 0.717) is 38.8 Å². The van der Waals surface area contributed by atoms with Crippen LogP contribution in [0.15, 0.2) is 78.9 Å². The normalized spacial score (nSPS) is 11.3. The summed E-state index contributed by atoms with van der Waals surface area (Å²) in [5.74, 6) is 0. The lowest BCUT2D eigenvalue weighted by atomic mass is 10.1. The highest BCUT2D eigenvalue weighted by Crippen LogP contribution is 2.34. The molecule has 0 atom stereocenters. The molecule has 1 N–H and O–H groups in total. The summed E-state index contributed by atoms with van der Waals surface area (Å²) in [4.78, 5) is 14.5. The van der Waals surface area contributed by atoms with Crippen molar-refractivity contribution in [2.45, 2.75) is 46.8 Å². The SMILES string of the molecule is CCO[Si](CCCNC(=O)OCc1ccc(N(c2ccccc2)c2ccc(C)cc2)cc1)(OCC)OCC. The Morgan fingerprint density at radius 3 is 1.84 bits per heavy atom. The van der Waals surface area contributed by atoms with Crippen molar-refractivity contribution in [2.75, 3.05) is 31.3 Å². The minimum Gasteiger partial charge on any atom is -0.445 e. The highest BCUT2D eigenvalue weighted by Gasteiger charge is 2.39. The second-order valence-corrected chi connectivity index (χ2v) is 11.5. The molecular formula is C30H40N2O5Si. The van der Waals surface area contributed by atoms with Crippen LogP contribution in [0, 0.1) is 6.92 Å². The number of carbonyl (C=O) groups excluding carboxylic acids is 1. The van der Waals surface area contributed by atoms with Crippen LogP contribution in [0.5, 0.6) is 0 Å². The second kappa shape index (κ2) is 15.3. The molecule has 0 saturated carbocycles. The fourth-order valence-corrected chi connectivity index (χ4v) is 6.77. The van der Waals surface area contributed by atoms with E-state index < -0.39 is 14.9 Å². The molecule has 0 aliphatic rings. The summed E-state index contributed by atoms with van der Waals surface area (Å²) in [5.41, 5.74) is 5.31. The summed E-state index contributed by atoms with van der Waals surface area (Å²) in [6.45, 7) is 10.1. The molecule has 204 valence electrons. The van der Waals surface area contributed by atoms with Gasteiger partial charge >= 0.3 is 14.9 Å². The Labute approximate surface area is 228 Å². The Morgan fingerprint density at radius 2 is 1.29 bits per heavy atom. The number of anilines is 3. The van der Waals surface area contributed by atoms with E-state index >= 15 is 0 Å². The fourth-order valence-electron chi connectivity index (χ4n) is 4.16. The number of nitrogens with one attached hydrogen (secondary N) is 1. The third-order valence-electron chi connectivity index (χ3n) is 5.89. The number of alkyl carbamates (subject to hydrolysis) is 1. The molecule has 0 bridgehead atoms. The van der Waals surface area contributed by atoms with Gasteiger partial charge in [-0.15, -0.1) is 0 Å². The molecule has 3 aromatic rings. The van der Waals surface area contributed by atoms with Crippen LogP contribution in [-0.2, 0) is 24.6 Å². The van der Waals surface area contributed by atoms with Gasteiger partial charge in [-0.05, 0) is 76.1 Å². The van der Waals surface area contributed by atoms with Crippen LogP contribution in [0.2, 0.25) is 6.04 Å². The lowest BCUT2D eigenvalue weighted by Crippen LogP contribution is -2.46. The molecule has 0 spiro atoms. The van der Waals surface area contributed by atoms with Crippen molar-refractivity contribution >= 4 is 32.0 Å². The summed E-state index contributed by atoms with van der Waals surface area (Å²) >= 11 is 0. The number of benzene rings is 3. The highest BCUT2D eigenvalue weighted by atomic mass is 28.4. The molecule has 0 radical (unpaired) electrons. The van der Waals surface area contributed by atoms with Gasteiger partial charge in [0.2, 0.25) is 0 Å². The minimum absolute atomic E-state index is 0.192. The van der Waals surface area contributed by atoms with Gasteiger partial charge < -0.3 is 28.2 Å². The third kappa shape index (κ3) is 8.70. The first-order valence-corrected chi connectivity index (χ1v) is 15.3. The van der Waals surface area contributed by atoms with Crippen LogP contribution < -0.4 is 10.2 Å². The van der Waals surface area contributed by atoms with Crippen molar-refractivity contribution in [2.24, 2.45) is 0 Å². The minimum atomic E-state index is -2.70. The number of hydrogen-bond acceptors (Lipinski definition) is 6.